The van der Waals surface area contributed by atoms with E-state index in [0.29, 0.717) is 12.3 Å². The Balaban J connectivity index is 0.000000181. The van der Waals surface area contributed by atoms with Crippen LogP contribution in [0.25, 0.3) is 0 Å². The van der Waals surface area contributed by atoms with Gasteiger partial charge >= 0.3 is 0 Å². The average molecular weight is 257 g/mol. The van der Waals surface area contributed by atoms with Crippen molar-refractivity contribution in [3.05, 3.63) is 30.3 Å². The Morgan fingerprint density at radius 3 is 2.12 bits per heavy atom. The molecule has 1 heterocycles. The van der Waals surface area contributed by atoms with Crippen LogP contribution < -0.4 is 5.32 Å². The number of ketones is 1. The molecule has 5 nitrogen and oxygen atoms in total. The van der Waals surface area contributed by atoms with Crippen molar-refractivity contribution in [2.24, 2.45) is 0 Å². The summed E-state index contributed by atoms with van der Waals surface area (Å²) in [6.45, 7) is 1.62. The molecule has 0 saturated carbocycles. The van der Waals surface area contributed by atoms with E-state index < -0.39 is 10.1 Å². The first-order valence-corrected chi connectivity index (χ1v) is 6.69. The highest BCUT2D eigenvalue weighted by atomic mass is 32.2. The van der Waals surface area contributed by atoms with Crippen LogP contribution in [0.4, 0.5) is 0 Å². The maximum absolute atomic E-state index is 10.4. The normalized spacial score (nSPS) is 15.9. The molecule has 94 valence electrons. The van der Waals surface area contributed by atoms with Crippen molar-refractivity contribution in [1.82, 2.24) is 5.32 Å². The number of Topliss-reactive ketones (excluding diaryl/α,β-unsaturated/α-hetero) is 1. The molecule has 0 amide bonds. The molecule has 0 atom stereocenters. The van der Waals surface area contributed by atoms with Crippen molar-refractivity contribution in [1.29, 1.82) is 0 Å². The topological polar surface area (TPSA) is 83.5 Å². The fourth-order valence-corrected chi connectivity index (χ4v) is 1.82. The van der Waals surface area contributed by atoms with Crippen LogP contribution in [0.1, 0.15) is 12.8 Å². The highest BCUT2D eigenvalue weighted by Crippen LogP contribution is 2.05. The number of benzene rings is 1. The van der Waals surface area contributed by atoms with Crippen LogP contribution in [-0.4, -0.2) is 31.8 Å². The van der Waals surface area contributed by atoms with Crippen LogP contribution in [0.15, 0.2) is 35.2 Å². The van der Waals surface area contributed by atoms with Gasteiger partial charge in [-0.15, -0.1) is 0 Å². The van der Waals surface area contributed by atoms with E-state index >= 15 is 0 Å². The van der Waals surface area contributed by atoms with E-state index in [0.717, 1.165) is 19.4 Å². The van der Waals surface area contributed by atoms with Gasteiger partial charge in [0, 0.05) is 6.42 Å². The lowest BCUT2D eigenvalue weighted by molar-refractivity contribution is -0.119. The van der Waals surface area contributed by atoms with Crippen molar-refractivity contribution in [2.75, 3.05) is 13.1 Å². The quantitative estimate of drug-likeness (QED) is 0.729. The highest BCUT2D eigenvalue weighted by Gasteiger charge is 2.06. The number of piperidine rings is 1. The number of carbonyl (C=O) groups excluding carboxylic acids is 1. The van der Waals surface area contributed by atoms with Gasteiger partial charge in [-0.05, 0) is 25.1 Å². The molecular weight excluding hydrogens is 242 g/mol. The third-order valence-corrected chi connectivity index (χ3v) is 3.04. The molecule has 0 radical (unpaired) electrons. The minimum atomic E-state index is -4.00. The number of rotatable bonds is 1. The molecule has 6 heteroatoms. The summed E-state index contributed by atoms with van der Waals surface area (Å²) in [7, 11) is -4.00. The van der Waals surface area contributed by atoms with Crippen LogP contribution in [0.3, 0.4) is 0 Å². The molecule has 0 spiro atoms. The largest absolute Gasteiger partial charge is 0.310 e. The van der Waals surface area contributed by atoms with Gasteiger partial charge in [0.15, 0.2) is 0 Å². The lowest BCUT2D eigenvalue weighted by Gasteiger charge is -2.08. The Morgan fingerprint density at radius 1 is 1.18 bits per heavy atom. The lowest BCUT2D eigenvalue weighted by Crippen LogP contribution is -2.29. The third-order valence-electron chi connectivity index (χ3n) is 2.17. The zero-order valence-electron chi connectivity index (χ0n) is 9.30. The summed E-state index contributed by atoms with van der Waals surface area (Å²) >= 11 is 0. The molecule has 1 fully saturated rings. The molecule has 1 aromatic rings. The molecule has 2 rings (SSSR count). The van der Waals surface area contributed by atoms with E-state index in [1.807, 2.05) is 0 Å². The first-order valence-electron chi connectivity index (χ1n) is 5.25. The zero-order chi connectivity index (χ0) is 12.7. The number of hydrogen-bond acceptors (Lipinski definition) is 4. The van der Waals surface area contributed by atoms with Crippen LogP contribution in [0, 0.1) is 0 Å². The highest BCUT2D eigenvalue weighted by molar-refractivity contribution is 7.85. The van der Waals surface area contributed by atoms with Gasteiger partial charge in [-0.25, -0.2) is 0 Å². The third kappa shape index (κ3) is 5.58. The molecule has 0 unspecified atom stereocenters. The Morgan fingerprint density at radius 2 is 1.82 bits per heavy atom. The van der Waals surface area contributed by atoms with E-state index in [4.69, 9.17) is 4.55 Å². The predicted molar refractivity (Wildman–Crippen MR) is 63.4 cm³/mol. The Hall–Kier alpha value is -1.24. The van der Waals surface area contributed by atoms with Crippen molar-refractivity contribution in [2.45, 2.75) is 17.7 Å². The zero-order valence-corrected chi connectivity index (χ0v) is 10.1. The van der Waals surface area contributed by atoms with Gasteiger partial charge in [-0.1, -0.05) is 18.2 Å². The summed E-state index contributed by atoms with van der Waals surface area (Å²) in [5.74, 6) is 0.353. The second kappa shape index (κ2) is 6.48. The standard InChI is InChI=1S/C6H6O3S.C5H9NO/c7-10(8,9)6-4-2-1-3-5-6;7-5-2-1-3-6-4-5/h1-5H,(H,7,8,9);6H,1-4H2. The SMILES string of the molecule is O=C1CCCNC1.O=S(=O)(O)c1ccccc1. The molecular formula is C11H15NO4S. The Labute approximate surface area is 101 Å². The van der Waals surface area contributed by atoms with Gasteiger partial charge in [0.2, 0.25) is 0 Å². The molecule has 1 aliphatic heterocycles. The summed E-state index contributed by atoms with van der Waals surface area (Å²) in [5.41, 5.74) is 0. The fraction of sp³-hybridized carbons (Fsp3) is 0.364. The molecule has 17 heavy (non-hydrogen) atoms. The summed E-state index contributed by atoms with van der Waals surface area (Å²) < 4.78 is 29.2. The van der Waals surface area contributed by atoms with E-state index in [9.17, 15) is 13.2 Å². The van der Waals surface area contributed by atoms with Gasteiger partial charge in [0.1, 0.15) is 5.78 Å². The van der Waals surface area contributed by atoms with Gasteiger partial charge in [-0.2, -0.15) is 8.42 Å². The minimum Gasteiger partial charge on any atom is -0.310 e. The van der Waals surface area contributed by atoms with Crippen LogP contribution in [0.5, 0.6) is 0 Å². The molecule has 1 aromatic carbocycles. The van der Waals surface area contributed by atoms with E-state index in [1.54, 1.807) is 18.2 Å². The van der Waals surface area contributed by atoms with Crippen LogP contribution in [0.2, 0.25) is 0 Å². The molecule has 2 N–H and O–H groups in total. The maximum Gasteiger partial charge on any atom is 0.294 e. The van der Waals surface area contributed by atoms with Gasteiger partial charge in [0.05, 0.1) is 11.4 Å². The second-order valence-corrected chi connectivity index (χ2v) is 5.03. The number of carbonyl (C=O) groups is 1. The Bertz CT molecular complexity index is 448. The van der Waals surface area contributed by atoms with E-state index in [1.165, 1.54) is 12.1 Å². The first-order chi connectivity index (χ1) is 8.00. The van der Waals surface area contributed by atoms with Gasteiger partial charge < -0.3 is 5.32 Å². The Kier molecular flexibility index (Phi) is 5.27. The summed E-state index contributed by atoms with van der Waals surface area (Å²) in [6, 6.07) is 7.42. The summed E-state index contributed by atoms with van der Waals surface area (Å²) in [6.07, 6.45) is 1.81. The molecule has 0 aromatic heterocycles. The van der Waals surface area contributed by atoms with Crippen molar-refractivity contribution in [3.63, 3.8) is 0 Å². The molecule has 0 aliphatic carbocycles. The van der Waals surface area contributed by atoms with Gasteiger partial charge in [-0.3, -0.25) is 9.35 Å². The number of nitrogens with one attached hydrogen (secondary N) is 1. The van der Waals surface area contributed by atoms with Crippen molar-refractivity contribution < 1.29 is 17.8 Å². The van der Waals surface area contributed by atoms with Gasteiger partial charge in [0.25, 0.3) is 10.1 Å². The maximum atomic E-state index is 10.4. The molecule has 0 bridgehead atoms. The smallest absolute Gasteiger partial charge is 0.294 e. The van der Waals surface area contributed by atoms with Crippen molar-refractivity contribution >= 4 is 15.9 Å². The van der Waals surface area contributed by atoms with Crippen molar-refractivity contribution in [3.8, 4) is 0 Å². The van der Waals surface area contributed by atoms with E-state index in [-0.39, 0.29) is 4.90 Å². The fourth-order valence-electron chi connectivity index (χ4n) is 1.32. The first kappa shape index (κ1) is 13.8. The second-order valence-electron chi connectivity index (χ2n) is 3.61. The summed E-state index contributed by atoms with van der Waals surface area (Å²) in [5, 5.41) is 2.98. The van der Waals surface area contributed by atoms with Crippen LogP contribution >= 0.6 is 0 Å². The molecule has 1 aliphatic rings. The monoisotopic (exact) mass is 257 g/mol. The lowest BCUT2D eigenvalue weighted by atomic mass is 10.1. The molecule has 1 saturated heterocycles. The summed E-state index contributed by atoms with van der Waals surface area (Å²) in [4.78, 5) is 10.3. The number of hydrogen-bond donors (Lipinski definition) is 2. The minimum absolute atomic E-state index is 0.0741. The van der Waals surface area contributed by atoms with Crippen LogP contribution in [-0.2, 0) is 14.9 Å². The van der Waals surface area contributed by atoms with E-state index in [2.05, 4.69) is 5.32 Å². The predicted octanol–water partition coefficient (Wildman–Crippen LogP) is 0.872. The average Bonchev–Trinajstić information content (AvgIpc) is 2.31.